The zero-order valence-corrected chi connectivity index (χ0v) is 15.9. The molecular formula is C16H23N3O2S2. The highest BCUT2D eigenvalue weighted by Crippen LogP contribution is 2.28. The number of rotatable bonds is 6. The number of thiophene rings is 1. The van der Waals surface area contributed by atoms with Gasteiger partial charge in [0, 0.05) is 17.5 Å². The first-order valence-corrected chi connectivity index (χ1v) is 9.61. The number of nitrogens with zero attached hydrogens (tertiary/aromatic N) is 2. The summed E-state index contributed by atoms with van der Waals surface area (Å²) in [6, 6.07) is 0.162. The van der Waals surface area contributed by atoms with E-state index in [-0.39, 0.29) is 23.3 Å². The zero-order chi connectivity index (χ0) is 17.1. The molecule has 126 valence electrons. The smallest absolute Gasteiger partial charge is 0.263 e. The SMILES string of the molecule is CC[C@@H](C)NC(=O)CSc1nc2sc(C)c(C)c2c(=O)n1CC. The van der Waals surface area contributed by atoms with Crippen LogP contribution in [0.25, 0.3) is 10.2 Å². The Morgan fingerprint density at radius 3 is 2.70 bits per heavy atom. The van der Waals surface area contributed by atoms with E-state index in [1.54, 1.807) is 4.57 Å². The molecule has 0 saturated heterocycles. The molecule has 5 nitrogen and oxygen atoms in total. The van der Waals surface area contributed by atoms with Crippen LogP contribution in [-0.2, 0) is 11.3 Å². The summed E-state index contributed by atoms with van der Waals surface area (Å²) in [5.74, 6) is 0.242. The van der Waals surface area contributed by atoms with Gasteiger partial charge in [0.2, 0.25) is 5.91 Å². The average molecular weight is 354 g/mol. The van der Waals surface area contributed by atoms with E-state index in [0.29, 0.717) is 17.1 Å². The predicted octanol–water partition coefficient (Wildman–Crippen LogP) is 3.10. The lowest BCUT2D eigenvalue weighted by molar-refractivity contribution is -0.119. The van der Waals surface area contributed by atoms with E-state index in [0.717, 1.165) is 21.7 Å². The van der Waals surface area contributed by atoms with E-state index in [9.17, 15) is 9.59 Å². The minimum atomic E-state index is -0.0279. The third-order valence-corrected chi connectivity index (χ3v) is 6.00. The number of amides is 1. The molecule has 0 aliphatic heterocycles. The third-order valence-electron chi connectivity index (χ3n) is 3.92. The zero-order valence-electron chi connectivity index (χ0n) is 14.2. The van der Waals surface area contributed by atoms with Gasteiger partial charge >= 0.3 is 0 Å². The lowest BCUT2D eigenvalue weighted by atomic mass is 10.2. The molecule has 0 unspecified atom stereocenters. The van der Waals surface area contributed by atoms with E-state index in [1.165, 1.54) is 23.1 Å². The van der Waals surface area contributed by atoms with Crippen LogP contribution in [0, 0.1) is 13.8 Å². The van der Waals surface area contributed by atoms with Gasteiger partial charge in [-0.3, -0.25) is 14.2 Å². The van der Waals surface area contributed by atoms with Gasteiger partial charge in [-0.25, -0.2) is 4.98 Å². The van der Waals surface area contributed by atoms with Crippen LogP contribution >= 0.6 is 23.1 Å². The fourth-order valence-electron chi connectivity index (χ4n) is 2.25. The van der Waals surface area contributed by atoms with Crippen LogP contribution in [0.15, 0.2) is 9.95 Å². The molecule has 2 aromatic heterocycles. The van der Waals surface area contributed by atoms with E-state index in [2.05, 4.69) is 10.3 Å². The van der Waals surface area contributed by atoms with E-state index >= 15 is 0 Å². The van der Waals surface area contributed by atoms with Crippen molar-refractivity contribution in [2.45, 2.75) is 58.8 Å². The van der Waals surface area contributed by atoms with Gasteiger partial charge in [-0.05, 0) is 39.7 Å². The monoisotopic (exact) mass is 353 g/mol. The first-order chi connectivity index (χ1) is 10.9. The van der Waals surface area contributed by atoms with Crippen molar-refractivity contribution in [3.05, 3.63) is 20.8 Å². The molecule has 0 bridgehead atoms. The maximum absolute atomic E-state index is 12.7. The summed E-state index contributed by atoms with van der Waals surface area (Å²) >= 11 is 2.86. The molecule has 1 amide bonds. The first kappa shape index (κ1) is 18.0. The number of aromatic nitrogens is 2. The molecule has 23 heavy (non-hydrogen) atoms. The van der Waals surface area contributed by atoms with Gasteiger partial charge in [-0.2, -0.15) is 0 Å². The van der Waals surface area contributed by atoms with Crippen molar-refractivity contribution in [1.29, 1.82) is 0 Å². The van der Waals surface area contributed by atoms with Gasteiger partial charge in [0.1, 0.15) is 4.83 Å². The number of aryl methyl sites for hydroxylation is 2. The number of thioether (sulfide) groups is 1. The van der Waals surface area contributed by atoms with E-state index in [4.69, 9.17) is 0 Å². The minimum Gasteiger partial charge on any atom is -0.353 e. The number of carbonyl (C=O) groups is 1. The van der Waals surface area contributed by atoms with Gasteiger partial charge in [0.05, 0.1) is 11.1 Å². The predicted molar refractivity (Wildman–Crippen MR) is 97.6 cm³/mol. The van der Waals surface area contributed by atoms with Crippen LogP contribution < -0.4 is 10.9 Å². The number of carbonyl (C=O) groups excluding carboxylic acids is 1. The van der Waals surface area contributed by atoms with Crippen molar-refractivity contribution in [1.82, 2.24) is 14.9 Å². The van der Waals surface area contributed by atoms with Crippen molar-refractivity contribution in [2.75, 3.05) is 5.75 Å². The second-order valence-corrected chi connectivity index (χ2v) is 7.72. The molecule has 7 heteroatoms. The largest absolute Gasteiger partial charge is 0.353 e. The molecule has 2 heterocycles. The van der Waals surface area contributed by atoms with Crippen LogP contribution in [0.4, 0.5) is 0 Å². The summed E-state index contributed by atoms with van der Waals surface area (Å²) in [5.41, 5.74) is 1.000. The van der Waals surface area contributed by atoms with Crippen LogP contribution in [0.2, 0.25) is 0 Å². The summed E-state index contributed by atoms with van der Waals surface area (Å²) in [4.78, 5) is 31.1. The Balaban J connectivity index is 2.30. The molecule has 1 N–H and O–H groups in total. The van der Waals surface area contributed by atoms with Crippen molar-refractivity contribution in [3.8, 4) is 0 Å². The topological polar surface area (TPSA) is 64.0 Å². The van der Waals surface area contributed by atoms with Crippen molar-refractivity contribution in [3.63, 3.8) is 0 Å². The molecule has 0 saturated carbocycles. The summed E-state index contributed by atoms with van der Waals surface area (Å²) < 4.78 is 1.66. The van der Waals surface area contributed by atoms with Gasteiger partial charge in [0.25, 0.3) is 5.56 Å². The van der Waals surface area contributed by atoms with Crippen LogP contribution in [-0.4, -0.2) is 27.3 Å². The molecule has 0 fully saturated rings. The molecule has 0 aliphatic rings. The van der Waals surface area contributed by atoms with E-state index in [1.807, 2.05) is 34.6 Å². The standard InChI is InChI=1S/C16H23N3O2S2/c1-6-9(3)17-12(20)8-22-16-18-14-13(10(4)11(5)23-14)15(21)19(16)7-2/h9H,6-8H2,1-5H3,(H,17,20)/t9-/m1/s1. The molecule has 1 atom stereocenters. The minimum absolute atomic E-state index is 0.0100. The van der Waals surface area contributed by atoms with Gasteiger partial charge in [-0.1, -0.05) is 18.7 Å². The van der Waals surface area contributed by atoms with Crippen LogP contribution in [0.5, 0.6) is 0 Å². The molecule has 0 aliphatic carbocycles. The fraction of sp³-hybridized carbons (Fsp3) is 0.562. The van der Waals surface area contributed by atoms with Gasteiger partial charge in [0.15, 0.2) is 5.16 Å². The second-order valence-electron chi connectivity index (χ2n) is 5.57. The quantitative estimate of drug-likeness (QED) is 0.640. The Morgan fingerprint density at radius 2 is 2.09 bits per heavy atom. The van der Waals surface area contributed by atoms with Gasteiger partial charge in [-0.15, -0.1) is 11.3 Å². The number of hydrogen-bond donors (Lipinski definition) is 1. The fourth-order valence-corrected chi connectivity index (χ4v) is 4.19. The highest BCUT2D eigenvalue weighted by molar-refractivity contribution is 7.99. The molecule has 0 spiro atoms. The van der Waals surface area contributed by atoms with E-state index < -0.39 is 0 Å². The summed E-state index contributed by atoms with van der Waals surface area (Å²) in [6.45, 7) is 10.4. The molecule has 2 rings (SSSR count). The number of hydrogen-bond acceptors (Lipinski definition) is 5. The Kier molecular flexibility index (Phi) is 5.86. The first-order valence-electron chi connectivity index (χ1n) is 7.81. The van der Waals surface area contributed by atoms with Crippen LogP contribution in [0.3, 0.4) is 0 Å². The van der Waals surface area contributed by atoms with Crippen molar-refractivity contribution in [2.24, 2.45) is 0 Å². The highest BCUT2D eigenvalue weighted by atomic mass is 32.2. The van der Waals surface area contributed by atoms with Gasteiger partial charge < -0.3 is 5.32 Å². The Labute approximate surface area is 144 Å². The maximum atomic E-state index is 12.7. The van der Waals surface area contributed by atoms with Crippen LogP contribution in [0.1, 0.15) is 37.6 Å². The second kappa shape index (κ2) is 7.49. The van der Waals surface area contributed by atoms with Crippen molar-refractivity contribution < 1.29 is 4.79 Å². The average Bonchev–Trinajstić information content (AvgIpc) is 2.80. The third kappa shape index (κ3) is 3.77. The van der Waals surface area contributed by atoms with Crippen molar-refractivity contribution >= 4 is 39.2 Å². The molecule has 0 radical (unpaired) electrons. The Morgan fingerprint density at radius 1 is 1.39 bits per heavy atom. The maximum Gasteiger partial charge on any atom is 0.263 e. The Hall–Kier alpha value is -1.34. The summed E-state index contributed by atoms with van der Waals surface area (Å²) in [6.07, 6.45) is 0.897. The highest BCUT2D eigenvalue weighted by Gasteiger charge is 2.17. The molecule has 0 aromatic carbocycles. The Bertz CT molecular complexity index is 780. The lowest BCUT2D eigenvalue weighted by Crippen LogP contribution is -2.33. The molecule has 2 aromatic rings. The number of fused-ring (bicyclic) bond motifs is 1. The summed E-state index contributed by atoms with van der Waals surface area (Å²) in [7, 11) is 0. The normalized spacial score (nSPS) is 12.6. The number of nitrogens with one attached hydrogen (secondary N) is 1. The lowest BCUT2D eigenvalue weighted by Gasteiger charge is -2.12. The summed E-state index contributed by atoms with van der Waals surface area (Å²) in [5, 5.41) is 4.26. The molecular weight excluding hydrogens is 330 g/mol.